The molecule has 6 heteroatoms. The van der Waals surface area contributed by atoms with E-state index in [0.717, 1.165) is 38.4 Å². The summed E-state index contributed by atoms with van der Waals surface area (Å²) in [5.41, 5.74) is 5.09. The summed E-state index contributed by atoms with van der Waals surface area (Å²) in [6.45, 7) is 2.31. The number of hydrogen-bond donors (Lipinski definition) is 2. The Bertz CT molecular complexity index is 1130. The summed E-state index contributed by atoms with van der Waals surface area (Å²) in [5.74, 6) is 1.76. The summed E-state index contributed by atoms with van der Waals surface area (Å²) in [4.78, 5) is 5.02. The number of benzene rings is 3. The van der Waals surface area contributed by atoms with Gasteiger partial charge in [-0.05, 0) is 54.4 Å². The minimum Gasteiger partial charge on any atom is -0.508 e. The Morgan fingerprint density at radius 1 is 1.00 bits per heavy atom. The molecule has 2 aliphatic rings. The first kappa shape index (κ1) is 19.2. The van der Waals surface area contributed by atoms with Gasteiger partial charge in [0.1, 0.15) is 11.9 Å². The first-order chi connectivity index (χ1) is 14.6. The predicted octanol–water partition coefficient (Wildman–Crippen LogP) is 5.41. The molecule has 30 heavy (non-hydrogen) atoms. The predicted molar refractivity (Wildman–Crippen MR) is 119 cm³/mol. The van der Waals surface area contributed by atoms with Crippen molar-refractivity contribution >= 4 is 21.6 Å². The highest BCUT2D eigenvalue weighted by Crippen LogP contribution is 2.38. The number of phenolic OH excluding ortho intramolecular Hbond substituents is 1. The van der Waals surface area contributed by atoms with Crippen molar-refractivity contribution in [2.45, 2.75) is 25.6 Å². The Labute approximate surface area is 183 Å². The van der Waals surface area contributed by atoms with E-state index < -0.39 is 0 Å². The summed E-state index contributed by atoms with van der Waals surface area (Å²) in [5, 5.41) is 14.1. The van der Waals surface area contributed by atoms with Crippen molar-refractivity contribution in [1.29, 1.82) is 0 Å². The average Bonchev–Trinajstić information content (AvgIpc) is 3.23. The molecule has 0 radical (unpaired) electrons. The molecule has 0 amide bonds. The fourth-order valence-electron chi connectivity index (χ4n) is 3.88. The van der Waals surface area contributed by atoms with Gasteiger partial charge in [0.25, 0.3) is 0 Å². The van der Waals surface area contributed by atoms with Crippen LogP contribution >= 0.6 is 15.9 Å². The third-order valence-corrected chi connectivity index (χ3v) is 6.00. The van der Waals surface area contributed by atoms with Gasteiger partial charge in [0, 0.05) is 28.2 Å². The SMILES string of the molecule is Cc1ccc([C@H]2N=C(c3ccc4c(c3)OCO4)C[C@@H](c3cc(Br)ccc3O)N2)cc1. The van der Waals surface area contributed by atoms with Gasteiger partial charge < -0.3 is 14.6 Å². The van der Waals surface area contributed by atoms with Crippen molar-refractivity contribution in [2.75, 3.05) is 6.79 Å². The number of nitrogens with zero attached hydrogens (tertiary/aromatic N) is 1. The molecule has 0 spiro atoms. The van der Waals surface area contributed by atoms with Gasteiger partial charge in [-0.15, -0.1) is 0 Å². The van der Waals surface area contributed by atoms with Crippen molar-refractivity contribution in [2.24, 2.45) is 4.99 Å². The van der Waals surface area contributed by atoms with E-state index in [4.69, 9.17) is 14.5 Å². The highest BCUT2D eigenvalue weighted by molar-refractivity contribution is 9.10. The van der Waals surface area contributed by atoms with Crippen LogP contribution in [-0.2, 0) is 0 Å². The second kappa shape index (κ2) is 7.78. The van der Waals surface area contributed by atoms with Crippen LogP contribution in [0.3, 0.4) is 0 Å². The molecule has 0 aromatic heterocycles. The quantitative estimate of drug-likeness (QED) is 0.543. The Balaban J connectivity index is 1.56. The standard InChI is InChI=1S/C24H21BrN2O3/c1-14-2-4-15(5-3-14)24-26-19(16-6-9-22-23(10-16)30-13-29-22)12-20(27-24)18-11-17(25)7-8-21(18)28/h2-11,20,24,27-28H,12-13H2,1H3/t20-,24-/m0/s1. The summed E-state index contributed by atoms with van der Waals surface area (Å²) in [6.07, 6.45) is 0.426. The zero-order valence-electron chi connectivity index (χ0n) is 16.4. The number of nitrogens with one attached hydrogen (secondary N) is 1. The lowest BCUT2D eigenvalue weighted by Crippen LogP contribution is -2.33. The molecule has 0 saturated heterocycles. The lowest BCUT2D eigenvalue weighted by Gasteiger charge is -2.31. The maximum absolute atomic E-state index is 10.5. The molecule has 0 saturated carbocycles. The van der Waals surface area contributed by atoms with E-state index in [2.05, 4.69) is 52.4 Å². The van der Waals surface area contributed by atoms with Gasteiger partial charge >= 0.3 is 0 Å². The number of rotatable bonds is 3. The van der Waals surface area contributed by atoms with Gasteiger partial charge in [-0.1, -0.05) is 45.8 Å². The van der Waals surface area contributed by atoms with Gasteiger partial charge in [0.15, 0.2) is 11.5 Å². The Hall–Kier alpha value is -2.83. The molecule has 0 aliphatic carbocycles. The molecule has 5 nitrogen and oxygen atoms in total. The number of ether oxygens (including phenoxy) is 2. The Kier molecular flexibility index (Phi) is 4.97. The van der Waals surface area contributed by atoms with E-state index in [-0.39, 0.29) is 24.8 Å². The summed E-state index contributed by atoms with van der Waals surface area (Å²) in [7, 11) is 0. The molecule has 2 heterocycles. The third-order valence-electron chi connectivity index (χ3n) is 5.51. The topological polar surface area (TPSA) is 63.1 Å². The Morgan fingerprint density at radius 2 is 1.80 bits per heavy atom. The first-order valence-electron chi connectivity index (χ1n) is 9.84. The largest absolute Gasteiger partial charge is 0.508 e. The number of aryl methyl sites for hydroxylation is 1. The summed E-state index contributed by atoms with van der Waals surface area (Å²) >= 11 is 3.53. The second-order valence-electron chi connectivity index (χ2n) is 7.58. The minimum atomic E-state index is -0.219. The van der Waals surface area contributed by atoms with Crippen molar-refractivity contribution < 1.29 is 14.6 Å². The van der Waals surface area contributed by atoms with Gasteiger partial charge in [-0.25, -0.2) is 0 Å². The lowest BCUT2D eigenvalue weighted by molar-refractivity contribution is 0.174. The van der Waals surface area contributed by atoms with Crippen molar-refractivity contribution in [1.82, 2.24) is 5.32 Å². The fraction of sp³-hybridized carbons (Fsp3) is 0.208. The van der Waals surface area contributed by atoms with Crippen LogP contribution in [0.4, 0.5) is 0 Å². The number of aliphatic imine (C=N–C) groups is 1. The summed E-state index contributed by atoms with van der Waals surface area (Å²) < 4.78 is 11.9. The second-order valence-corrected chi connectivity index (χ2v) is 8.50. The van der Waals surface area contributed by atoms with Crippen LogP contribution in [0.1, 0.15) is 40.9 Å². The van der Waals surface area contributed by atoms with Crippen LogP contribution in [0.5, 0.6) is 17.2 Å². The van der Waals surface area contributed by atoms with Gasteiger partial charge in [-0.2, -0.15) is 0 Å². The lowest BCUT2D eigenvalue weighted by atomic mass is 9.93. The van der Waals surface area contributed by atoms with Gasteiger partial charge in [0.2, 0.25) is 6.79 Å². The smallest absolute Gasteiger partial charge is 0.231 e. The third kappa shape index (κ3) is 3.68. The van der Waals surface area contributed by atoms with Crippen molar-refractivity contribution in [3.05, 3.63) is 87.4 Å². The molecule has 0 bridgehead atoms. The molecule has 2 atom stereocenters. The number of phenols is 1. The molecule has 2 N–H and O–H groups in total. The molecule has 5 rings (SSSR count). The van der Waals surface area contributed by atoms with E-state index >= 15 is 0 Å². The van der Waals surface area contributed by atoms with Crippen LogP contribution in [-0.4, -0.2) is 17.6 Å². The van der Waals surface area contributed by atoms with Gasteiger partial charge in [0.05, 0.1) is 0 Å². The van der Waals surface area contributed by atoms with E-state index in [1.807, 2.05) is 30.3 Å². The molecular weight excluding hydrogens is 444 g/mol. The summed E-state index contributed by atoms with van der Waals surface area (Å²) in [6, 6.07) is 19.7. The number of fused-ring (bicyclic) bond motifs is 1. The van der Waals surface area contributed by atoms with E-state index in [1.165, 1.54) is 5.56 Å². The van der Waals surface area contributed by atoms with Crippen LogP contribution in [0, 0.1) is 6.92 Å². The molecule has 0 fully saturated rings. The van der Waals surface area contributed by atoms with Crippen LogP contribution in [0.2, 0.25) is 0 Å². The molecule has 152 valence electrons. The number of halogens is 1. The fourth-order valence-corrected chi connectivity index (χ4v) is 4.26. The maximum atomic E-state index is 10.5. The van der Waals surface area contributed by atoms with E-state index in [1.54, 1.807) is 6.07 Å². The average molecular weight is 465 g/mol. The first-order valence-corrected chi connectivity index (χ1v) is 10.6. The van der Waals surface area contributed by atoms with Crippen LogP contribution in [0.15, 0.2) is 70.1 Å². The minimum absolute atomic E-state index is 0.0910. The van der Waals surface area contributed by atoms with Crippen molar-refractivity contribution in [3.8, 4) is 17.2 Å². The van der Waals surface area contributed by atoms with Crippen LogP contribution < -0.4 is 14.8 Å². The molecule has 3 aromatic rings. The monoisotopic (exact) mass is 464 g/mol. The maximum Gasteiger partial charge on any atom is 0.231 e. The molecular formula is C24H21BrN2O3. The number of hydrogen-bond acceptors (Lipinski definition) is 5. The Morgan fingerprint density at radius 3 is 2.63 bits per heavy atom. The zero-order valence-corrected chi connectivity index (χ0v) is 18.0. The van der Waals surface area contributed by atoms with E-state index in [0.29, 0.717) is 6.42 Å². The molecule has 2 aliphatic heterocycles. The van der Waals surface area contributed by atoms with Crippen molar-refractivity contribution in [3.63, 3.8) is 0 Å². The zero-order chi connectivity index (χ0) is 20.7. The highest BCUT2D eigenvalue weighted by atomic mass is 79.9. The van der Waals surface area contributed by atoms with Gasteiger partial charge in [-0.3, -0.25) is 10.3 Å². The normalized spacial score (nSPS) is 20.1. The molecule has 0 unspecified atom stereocenters. The van der Waals surface area contributed by atoms with E-state index in [9.17, 15) is 5.11 Å². The number of aromatic hydroxyl groups is 1. The molecule has 3 aromatic carbocycles. The van der Waals surface area contributed by atoms with Crippen LogP contribution in [0.25, 0.3) is 0 Å². The highest BCUT2D eigenvalue weighted by Gasteiger charge is 2.28.